The largest absolute Gasteiger partial charge is 0.380 e. The Morgan fingerprint density at radius 2 is 2.07 bits per heavy atom. The topological polar surface area (TPSA) is 48.9 Å². The molecular formula is C20H37IN4OS. The highest BCUT2D eigenvalue weighted by atomic mass is 127. The van der Waals surface area contributed by atoms with Crippen molar-refractivity contribution in [1.29, 1.82) is 0 Å². The molecule has 0 amide bonds. The molecule has 5 nitrogen and oxygen atoms in total. The highest BCUT2D eigenvalue weighted by Gasteiger charge is 2.19. The number of piperidine rings is 1. The van der Waals surface area contributed by atoms with Crippen LogP contribution in [0, 0.1) is 11.8 Å². The summed E-state index contributed by atoms with van der Waals surface area (Å²) >= 11 is 1.86. The number of thiophene rings is 1. The molecule has 2 rings (SSSR count). The summed E-state index contributed by atoms with van der Waals surface area (Å²) in [5.41, 5.74) is 0. The third-order valence-corrected chi connectivity index (χ3v) is 5.69. The van der Waals surface area contributed by atoms with Crippen LogP contribution >= 0.6 is 35.3 Å². The monoisotopic (exact) mass is 508 g/mol. The van der Waals surface area contributed by atoms with Gasteiger partial charge in [0.15, 0.2) is 5.96 Å². The molecule has 1 aromatic heterocycles. The molecule has 2 heterocycles. The van der Waals surface area contributed by atoms with Crippen molar-refractivity contribution in [1.82, 2.24) is 15.5 Å². The Kier molecular flexibility index (Phi) is 13.3. The van der Waals surface area contributed by atoms with E-state index in [2.05, 4.69) is 51.9 Å². The van der Waals surface area contributed by atoms with Crippen molar-refractivity contribution in [2.75, 3.05) is 46.4 Å². The zero-order chi connectivity index (χ0) is 18.6. The van der Waals surface area contributed by atoms with E-state index in [1.54, 1.807) is 0 Å². The maximum absolute atomic E-state index is 5.64. The predicted molar refractivity (Wildman–Crippen MR) is 127 cm³/mol. The molecule has 0 spiro atoms. The van der Waals surface area contributed by atoms with Gasteiger partial charge in [0.2, 0.25) is 0 Å². The van der Waals surface area contributed by atoms with Crippen molar-refractivity contribution in [3.05, 3.63) is 22.4 Å². The van der Waals surface area contributed by atoms with Crippen LogP contribution in [0.5, 0.6) is 0 Å². The van der Waals surface area contributed by atoms with Crippen LogP contribution in [0.3, 0.4) is 0 Å². The van der Waals surface area contributed by atoms with Crippen LogP contribution in [0.1, 0.15) is 38.0 Å². The maximum atomic E-state index is 5.64. The first-order valence-electron chi connectivity index (χ1n) is 9.94. The summed E-state index contributed by atoms with van der Waals surface area (Å²) in [6.07, 6.45) is 3.64. The highest BCUT2D eigenvalue weighted by molar-refractivity contribution is 14.0. The number of nitrogens with one attached hydrogen (secondary N) is 2. The van der Waals surface area contributed by atoms with E-state index in [0.29, 0.717) is 5.92 Å². The first-order chi connectivity index (χ1) is 12.7. The number of hydrogen-bond donors (Lipinski definition) is 2. The van der Waals surface area contributed by atoms with E-state index in [1.807, 2.05) is 18.4 Å². The van der Waals surface area contributed by atoms with Gasteiger partial charge in [-0.15, -0.1) is 35.3 Å². The first-order valence-corrected chi connectivity index (χ1v) is 10.8. The van der Waals surface area contributed by atoms with Crippen LogP contribution < -0.4 is 10.6 Å². The van der Waals surface area contributed by atoms with Crippen LogP contribution in [0.2, 0.25) is 0 Å². The summed E-state index contributed by atoms with van der Waals surface area (Å²) in [5.74, 6) is 2.32. The molecule has 1 saturated heterocycles. The molecule has 0 radical (unpaired) electrons. The summed E-state index contributed by atoms with van der Waals surface area (Å²) in [7, 11) is 1.83. The Bertz CT molecular complexity index is 502. The zero-order valence-corrected chi connectivity index (χ0v) is 20.2. The summed E-state index contributed by atoms with van der Waals surface area (Å²) in [6, 6.07) is 4.38. The fraction of sp³-hybridized carbons (Fsp3) is 0.750. The predicted octanol–water partition coefficient (Wildman–Crippen LogP) is 3.81. The van der Waals surface area contributed by atoms with Gasteiger partial charge >= 0.3 is 0 Å². The molecule has 1 aliphatic heterocycles. The van der Waals surface area contributed by atoms with Crippen LogP contribution in [0.15, 0.2) is 22.5 Å². The fourth-order valence-corrected chi connectivity index (χ4v) is 3.84. The van der Waals surface area contributed by atoms with E-state index in [1.165, 1.54) is 30.8 Å². The van der Waals surface area contributed by atoms with Crippen molar-refractivity contribution in [3.63, 3.8) is 0 Å². The zero-order valence-electron chi connectivity index (χ0n) is 17.1. The van der Waals surface area contributed by atoms with Gasteiger partial charge in [-0.25, -0.2) is 0 Å². The Balaban J connectivity index is 0.00000364. The molecule has 0 unspecified atom stereocenters. The number of guanidine groups is 1. The average molecular weight is 509 g/mol. The number of ether oxygens (including phenoxy) is 1. The molecule has 156 valence electrons. The van der Waals surface area contributed by atoms with Crippen LogP contribution in [-0.2, 0) is 11.3 Å². The maximum Gasteiger partial charge on any atom is 0.191 e. The van der Waals surface area contributed by atoms with E-state index in [0.717, 1.165) is 51.1 Å². The van der Waals surface area contributed by atoms with Gasteiger partial charge in [-0.05, 0) is 55.6 Å². The quantitative estimate of drug-likeness (QED) is 0.219. The van der Waals surface area contributed by atoms with E-state index >= 15 is 0 Å². The third-order valence-electron chi connectivity index (χ3n) is 4.83. The fourth-order valence-electron chi connectivity index (χ4n) is 3.10. The molecule has 1 fully saturated rings. The Labute approximate surface area is 186 Å². The van der Waals surface area contributed by atoms with Gasteiger partial charge in [0, 0.05) is 38.2 Å². The summed E-state index contributed by atoms with van der Waals surface area (Å²) in [5, 5.41) is 8.98. The average Bonchev–Trinajstić information content (AvgIpc) is 3.14. The minimum absolute atomic E-state index is 0. The second kappa shape index (κ2) is 14.6. The van der Waals surface area contributed by atoms with Gasteiger partial charge in [-0.1, -0.05) is 19.9 Å². The molecular weight excluding hydrogens is 471 g/mol. The van der Waals surface area contributed by atoms with Gasteiger partial charge in [0.1, 0.15) is 0 Å². The van der Waals surface area contributed by atoms with Crippen LogP contribution in [0.25, 0.3) is 0 Å². The molecule has 0 aliphatic carbocycles. The second-order valence-electron chi connectivity index (χ2n) is 7.47. The number of rotatable bonds is 10. The van der Waals surface area contributed by atoms with E-state index < -0.39 is 0 Å². The lowest BCUT2D eigenvalue weighted by molar-refractivity contribution is 0.128. The molecule has 0 atom stereocenters. The number of hydrogen-bond acceptors (Lipinski definition) is 4. The molecule has 0 aromatic carbocycles. The van der Waals surface area contributed by atoms with Gasteiger partial charge in [-0.2, -0.15) is 0 Å². The lowest BCUT2D eigenvalue weighted by atomic mass is 9.97. The Morgan fingerprint density at radius 3 is 2.70 bits per heavy atom. The van der Waals surface area contributed by atoms with Crippen molar-refractivity contribution in [3.8, 4) is 0 Å². The van der Waals surface area contributed by atoms with Gasteiger partial charge in [0.25, 0.3) is 0 Å². The van der Waals surface area contributed by atoms with Crippen molar-refractivity contribution in [2.45, 2.75) is 39.7 Å². The number of nitrogens with zero attached hydrogens (tertiary/aromatic N) is 2. The highest BCUT2D eigenvalue weighted by Crippen LogP contribution is 2.20. The van der Waals surface area contributed by atoms with Gasteiger partial charge in [0.05, 0.1) is 6.61 Å². The molecule has 0 saturated carbocycles. The summed E-state index contributed by atoms with van der Waals surface area (Å²) in [4.78, 5) is 8.36. The lowest BCUT2D eigenvalue weighted by Crippen LogP contribution is -2.43. The number of halogens is 1. The minimum Gasteiger partial charge on any atom is -0.380 e. The second-order valence-corrected chi connectivity index (χ2v) is 8.51. The van der Waals surface area contributed by atoms with Crippen LogP contribution in [0.4, 0.5) is 0 Å². The standard InChI is InChI=1S/C20H36N4OS.HI/c1-17(2)8-12-25-13-9-22-20(21-3)23-15-18-6-10-24(11-7-18)16-19-5-4-14-26-19;/h4-5,14,17-18H,6-13,15-16H2,1-3H3,(H2,21,22,23);1H. The van der Waals surface area contributed by atoms with Gasteiger partial charge in [-0.3, -0.25) is 9.89 Å². The minimum atomic E-state index is 0. The van der Waals surface area contributed by atoms with Crippen molar-refractivity contribution >= 4 is 41.3 Å². The number of likely N-dealkylation sites (tertiary alicyclic amines) is 1. The molecule has 0 bridgehead atoms. The van der Waals surface area contributed by atoms with Crippen molar-refractivity contribution < 1.29 is 4.74 Å². The summed E-state index contributed by atoms with van der Waals surface area (Å²) < 4.78 is 5.64. The smallest absolute Gasteiger partial charge is 0.191 e. The Hall–Kier alpha value is -0.380. The van der Waals surface area contributed by atoms with Crippen LogP contribution in [-0.4, -0.2) is 57.3 Å². The molecule has 1 aliphatic rings. The van der Waals surface area contributed by atoms with E-state index in [4.69, 9.17) is 4.74 Å². The molecule has 7 heteroatoms. The van der Waals surface area contributed by atoms with E-state index in [9.17, 15) is 0 Å². The lowest BCUT2D eigenvalue weighted by Gasteiger charge is -2.32. The first kappa shape index (κ1) is 24.7. The normalized spacial score (nSPS) is 16.4. The third kappa shape index (κ3) is 10.7. The van der Waals surface area contributed by atoms with Crippen molar-refractivity contribution in [2.24, 2.45) is 16.8 Å². The molecule has 1 aromatic rings. The van der Waals surface area contributed by atoms with Gasteiger partial charge < -0.3 is 15.4 Å². The molecule has 27 heavy (non-hydrogen) atoms. The van der Waals surface area contributed by atoms with E-state index in [-0.39, 0.29) is 24.0 Å². The Morgan fingerprint density at radius 1 is 1.30 bits per heavy atom. The number of aliphatic imine (C=N–C) groups is 1. The molecule has 2 N–H and O–H groups in total. The SMILES string of the molecule is CN=C(NCCOCCC(C)C)NCC1CCN(Cc2cccs2)CC1.I. The summed E-state index contributed by atoms with van der Waals surface area (Å²) in [6.45, 7) is 11.3.